The summed E-state index contributed by atoms with van der Waals surface area (Å²) in [7, 11) is -3.02. The molecule has 2 saturated heterocycles. The largest absolute Gasteiger partial charge is 0.381 e. The summed E-state index contributed by atoms with van der Waals surface area (Å²) in [5.74, 6) is 0.155. The average molecular weight is 264 g/mol. The van der Waals surface area contributed by atoms with Gasteiger partial charge in [0.05, 0.1) is 24.2 Å². The van der Waals surface area contributed by atoms with Gasteiger partial charge in [-0.2, -0.15) is 0 Å². The van der Waals surface area contributed by atoms with Crippen LogP contribution in [0.2, 0.25) is 0 Å². The molecule has 0 amide bonds. The normalized spacial score (nSPS) is 24.9. The van der Waals surface area contributed by atoms with Crippen molar-refractivity contribution in [3.05, 3.63) is 0 Å². The summed E-state index contributed by atoms with van der Waals surface area (Å²) in [4.78, 5) is 0. The van der Waals surface area contributed by atoms with Gasteiger partial charge in [-0.3, -0.25) is 0 Å². The molecule has 0 atom stereocenters. The fourth-order valence-corrected chi connectivity index (χ4v) is 3.93. The fourth-order valence-electron chi connectivity index (χ4n) is 2.17. The topological polar surface area (TPSA) is 61.8 Å². The van der Waals surface area contributed by atoms with Crippen molar-refractivity contribution in [2.24, 2.45) is 0 Å². The van der Waals surface area contributed by atoms with Gasteiger partial charge in [0.25, 0.3) is 0 Å². The van der Waals surface area contributed by atoms with Crippen molar-refractivity contribution in [3.63, 3.8) is 0 Å². The second-order valence-electron chi connectivity index (χ2n) is 4.49. The van der Waals surface area contributed by atoms with Crippen molar-refractivity contribution in [3.8, 4) is 0 Å². The van der Waals surface area contributed by atoms with Crippen molar-refractivity contribution in [1.29, 1.82) is 0 Å². The maximum Gasteiger partial charge on any atom is 0.158 e. The van der Waals surface area contributed by atoms with Crippen LogP contribution in [-0.2, 0) is 24.0 Å². The van der Waals surface area contributed by atoms with E-state index in [9.17, 15) is 8.42 Å². The van der Waals surface area contributed by atoms with Crippen LogP contribution < -0.4 is 0 Å². The van der Waals surface area contributed by atoms with Crippen LogP contribution in [0.4, 0.5) is 0 Å². The molecule has 100 valence electrons. The van der Waals surface area contributed by atoms with Crippen molar-refractivity contribution in [2.75, 3.05) is 32.2 Å². The molecule has 2 fully saturated rings. The van der Waals surface area contributed by atoms with E-state index < -0.39 is 9.84 Å². The molecule has 0 bridgehead atoms. The third-order valence-electron chi connectivity index (χ3n) is 3.21. The molecule has 0 aliphatic carbocycles. The molecule has 0 aromatic rings. The molecule has 2 aliphatic heterocycles. The van der Waals surface area contributed by atoms with Gasteiger partial charge in [-0.05, 0) is 19.3 Å². The minimum absolute atomic E-state index is 0.155. The molecule has 0 unspecified atom stereocenters. The summed E-state index contributed by atoms with van der Waals surface area (Å²) in [6.45, 7) is 2.45. The molecule has 0 saturated carbocycles. The number of rotatable bonds is 4. The Kier molecular flexibility index (Phi) is 4.78. The van der Waals surface area contributed by atoms with Crippen molar-refractivity contribution < 1.29 is 22.6 Å². The zero-order valence-electron chi connectivity index (χ0n) is 9.97. The van der Waals surface area contributed by atoms with E-state index in [0.717, 1.165) is 6.42 Å². The van der Waals surface area contributed by atoms with Crippen LogP contribution in [0.25, 0.3) is 0 Å². The van der Waals surface area contributed by atoms with E-state index in [1.807, 2.05) is 0 Å². The highest BCUT2D eigenvalue weighted by molar-refractivity contribution is 7.92. The van der Waals surface area contributed by atoms with Gasteiger partial charge >= 0.3 is 0 Å². The number of sulfone groups is 1. The van der Waals surface area contributed by atoms with Crippen molar-refractivity contribution >= 4 is 9.84 Å². The minimum Gasteiger partial charge on any atom is -0.381 e. The quantitative estimate of drug-likeness (QED) is 0.749. The van der Waals surface area contributed by atoms with E-state index in [2.05, 4.69) is 0 Å². The van der Waals surface area contributed by atoms with E-state index in [1.165, 1.54) is 0 Å². The molecule has 0 aromatic heterocycles. The Morgan fingerprint density at radius 1 is 1.00 bits per heavy atom. The first-order chi connectivity index (χ1) is 8.18. The monoisotopic (exact) mass is 264 g/mol. The van der Waals surface area contributed by atoms with E-state index in [0.29, 0.717) is 45.7 Å². The highest BCUT2D eigenvalue weighted by atomic mass is 32.2. The molecule has 6 heteroatoms. The summed E-state index contributed by atoms with van der Waals surface area (Å²) in [5.41, 5.74) is 0. The van der Waals surface area contributed by atoms with Gasteiger partial charge in [0.2, 0.25) is 0 Å². The molecule has 2 heterocycles. The first-order valence-corrected chi connectivity index (χ1v) is 7.92. The minimum atomic E-state index is -3.02. The Morgan fingerprint density at radius 3 is 2.29 bits per heavy atom. The molecular weight excluding hydrogens is 244 g/mol. The van der Waals surface area contributed by atoms with Gasteiger partial charge in [0.1, 0.15) is 0 Å². The van der Waals surface area contributed by atoms with Crippen LogP contribution >= 0.6 is 0 Å². The number of hydrogen-bond acceptors (Lipinski definition) is 5. The van der Waals surface area contributed by atoms with Crippen LogP contribution in [0, 0.1) is 0 Å². The lowest BCUT2D eigenvalue weighted by molar-refractivity contribution is -0.178. The maximum atomic E-state index is 12.1. The average Bonchev–Trinajstić information content (AvgIpc) is 2.39. The maximum absolute atomic E-state index is 12.1. The molecule has 17 heavy (non-hydrogen) atoms. The predicted molar refractivity (Wildman–Crippen MR) is 62.6 cm³/mol. The highest BCUT2D eigenvalue weighted by Crippen LogP contribution is 2.19. The molecule has 0 aromatic carbocycles. The zero-order chi connectivity index (χ0) is 12.1. The molecule has 0 radical (unpaired) electrons. The Balaban J connectivity index is 1.79. The smallest absolute Gasteiger partial charge is 0.158 e. The first-order valence-electron chi connectivity index (χ1n) is 6.21. The van der Waals surface area contributed by atoms with Crippen LogP contribution in [0.5, 0.6) is 0 Å². The Labute approximate surface area is 102 Å². The molecule has 2 rings (SSSR count). The summed E-state index contributed by atoms with van der Waals surface area (Å²) in [6.07, 6.45) is 2.24. The van der Waals surface area contributed by atoms with Crippen LogP contribution in [0.1, 0.15) is 25.7 Å². The molecule has 2 aliphatic rings. The Morgan fingerprint density at radius 2 is 1.65 bits per heavy atom. The van der Waals surface area contributed by atoms with Crippen molar-refractivity contribution in [2.45, 2.75) is 37.2 Å². The first kappa shape index (κ1) is 13.3. The van der Waals surface area contributed by atoms with Gasteiger partial charge in [0.15, 0.2) is 16.1 Å². The van der Waals surface area contributed by atoms with Gasteiger partial charge < -0.3 is 14.2 Å². The standard InChI is InChI=1S/C11H20O5S/c12-17(13,10-2-7-14-8-3-10)9-4-11-15-5-1-6-16-11/h10-11H,1-9H2. The fraction of sp³-hybridized carbons (Fsp3) is 1.00. The summed E-state index contributed by atoms with van der Waals surface area (Å²) in [6, 6.07) is 0. The predicted octanol–water partition coefficient (Wildman–Crippen LogP) is 0.733. The van der Waals surface area contributed by atoms with Gasteiger partial charge in [-0.15, -0.1) is 0 Å². The van der Waals surface area contributed by atoms with Crippen LogP contribution in [-0.4, -0.2) is 52.1 Å². The highest BCUT2D eigenvalue weighted by Gasteiger charge is 2.28. The molecule has 5 nitrogen and oxygen atoms in total. The van der Waals surface area contributed by atoms with Gasteiger partial charge in [0, 0.05) is 19.6 Å². The molecular formula is C11H20O5S. The summed E-state index contributed by atoms with van der Waals surface area (Å²) >= 11 is 0. The Hall–Kier alpha value is -0.170. The lowest BCUT2D eigenvalue weighted by Crippen LogP contribution is -2.33. The Bertz CT molecular complexity index is 315. The number of ether oxygens (including phenoxy) is 3. The van der Waals surface area contributed by atoms with E-state index in [-0.39, 0.29) is 17.3 Å². The molecule has 0 spiro atoms. The van der Waals surface area contributed by atoms with Crippen LogP contribution in [0.3, 0.4) is 0 Å². The van der Waals surface area contributed by atoms with E-state index in [4.69, 9.17) is 14.2 Å². The van der Waals surface area contributed by atoms with E-state index in [1.54, 1.807) is 0 Å². The molecule has 0 N–H and O–H groups in total. The van der Waals surface area contributed by atoms with Crippen LogP contribution in [0.15, 0.2) is 0 Å². The summed E-state index contributed by atoms with van der Waals surface area (Å²) in [5, 5.41) is -0.236. The van der Waals surface area contributed by atoms with Gasteiger partial charge in [-0.25, -0.2) is 8.42 Å². The lowest BCUT2D eigenvalue weighted by Gasteiger charge is -2.25. The lowest BCUT2D eigenvalue weighted by atomic mass is 10.2. The van der Waals surface area contributed by atoms with E-state index >= 15 is 0 Å². The second-order valence-corrected chi connectivity index (χ2v) is 6.89. The summed E-state index contributed by atoms with van der Waals surface area (Å²) < 4.78 is 40.0. The number of hydrogen-bond donors (Lipinski definition) is 0. The third-order valence-corrected chi connectivity index (χ3v) is 5.50. The zero-order valence-corrected chi connectivity index (χ0v) is 10.8. The third kappa shape index (κ3) is 3.91. The van der Waals surface area contributed by atoms with Gasteiger partial charge in [-0.1, -0.05) is 0 Å². The van der Waals surface area contributed by atoms with Crippen molar-refractivity contribution in [1.82, 2.24) is 0 Å². The SMILES string of the molecule is O=S(=O)(CCC1OCCCO1)C1CCOCC1. The second kappa shape index (κ2) is 6.13.